The van der Waals surface area contributed by atoms with Crippen molar-refractivity contribution >= 4 is 17.8 Å². The number of hydrogen-bond acceptors (Lipinski definition) is 6. The Bertz CT molecular complexity index is 661. The number of hydrogen-bond donors (Lipinski definition) is 1. The number of esters is 1. The van der Waals surface area contributed by atoms with E-state index in [1.807, 2.05) is 4.90 Å². The maximum absolute atomic E-state index is 12.8. The predicted octanol–water partition coefficient (Wildman–Crippen LogP) is 0.444. The molecule has 2 saturated heterocycles. The van der Waals surface area contributed by atoms with Gasteiger partial charge in [0.1, 0.15) is 0 Å². The van der Waals surface area contributed by atoms with Crippen molar-refractivity contribution in [3.05, 3.63) is 18.0 Å². The Hall–Kier alpha value is -2.42. The number of amides is 2. The summed E-state index contributed by atoms with van der Waals surface area (Å²) in [5, 5.41) is 6.46. The Morgan fingerprint density at radius 2 is 1.89 bits per heavy atom. The van der Waals surface area contributed by atoms with Crippen LogP contribution in [0.3, 0.4) is 0 Å². The van der Waals surface area contributed by atoms with Gasteiger partial charge in [-0.2, -0.15) is 5.10 Å². The van der Waals surface area contributed by atoms with Crippen molar-refractivity contribution in [1.29, 1.82) is 0 Å². The molecule has 3 rings (SSSR count). The van der Waals surface area contributed by atoms with E-state index in [0.29, 0.717) is 64.2 Å². The van der Waals surface area contributed by atoms with Gasteiger partial charge in [-0.15, -0.1) is 0 Å². The standard InChI is InChI=1S/C18H26N4O5/c1-14(23)27-13-18(10-16(24)21-6-8-26-9-7-21)2-4-22(5-3-18)17(25)15-11-19-20-12-15/h11-12H,2-10,13H2,1H3,(H,19,20). The molecular formula is C18H26N4O5. The second-order valence-electron chi connectivity index (χ2n) is 7.23. The normalized spacial score (nSPS) is 19.6. The van der Waals surface area contributed by atoms with E-state index in [4.69, 9.17) is 9.47 Å². The fourth-order valence-electron chi connectivity index (χ4n) is 3.61. The number of rotatable bonds is 5. The summed E-state index contributed by atoms with van der Waals surface area (Å²) in [5.41, 5.74) is 0.0840. The average molecular weight is 378 g/mol. The van der Waals surface area contributed by atoms with Crippen LogP contribution in [0.4, 0.5) is 0 Å². The fraction of sp³-hybridized carbons (Fsp3) is 0.667. The number of nitrogens with one attached hydrogen (secondary N) is 1. The van der Waals surface area contributed by atoms with Crippen LogP contribution >= 0.6 is 0 Å². The zero-order valence-corrected chi connectivity index (χ0v) is 15.6. The Labute approximate surface area is 158 Å². The van der Waals surface area contributed by atoms with E-state index in [-0.39, 0.29) is 24.4 Å². The molecule has 0 spiro atoms. The minimum Gasteiger partial charge on any atom is -0.465 e. The summed E-state index contributed by atoms with van der Waals surface area (Å²) < 4.78 is 10.6. The zero-order valence-electron chi connectivity index (χ0n) is 15.6. The number of ether oxygens (including phenoxy) is 2. The van der Waals surface area contributed by atoms with E-state index in [2.05, 4.69) is 10.2 Å². The lowest BCUT2D eigenvalue weighted by Gasteiger charge is -2.42. The van der Waals surface area contributed by atoms with Crippen molar-refractivity contribution in [2.75, 3.05) is 46.0 Å². The van der Waals surface area contributed by atoms with Crippen LogP contribution in [-0.4, -0.2) is 83.8 Å². The summed E-state index contributed by atoms with van der Waals surface area (Å²) in [6, 6.07) is 0. The quantitative estimate of drug-likeness (QED) is 0.746. The van der Waals surface area contributed by atoms with E-state index in [9.17, 15) is 14.4 Å². The highest BCUT2D eigenvalue weighted by Gasteiger charge is 2.40. The van der Waals surface area contributed by atoms with Crippen LogP contribution in [0.15, 0.2) is 12.4 Å². The summed E-state index contributed by atoms with van der Waals surface area (Å²) in [5.74, 6) is -0.380. The molecule has 0 radical (unpaired) electrons. The molecule has 0 saturated carbocycles. The van der Waals surface area contributed by atoms with Crippen molar-refractivity contribution in [3.8, 4) is 0 Å². The molecule has 0 unspecified atom stereocenters. The van der Waals surface area contributed by atoms with Gasteiger partial charge in [-0.25, -0.2) is 0 Å². The number of carbonyl (C=O) groups is 3. The summed E-state index contributed by atoms with van der Waals surface area (Å²) >= 11 is 0. The van der Waals surface area contributed by atoms with Gasteiger partial charge in [0.15, 0.2) is 0 Å². The molecule has 2 aliphatic rings. The second-order valence-corrected chi connectivity index (χ2v) is 7.23. The number of nitrogens with zero attached hydrogens (tertiary/aromatic N) is 3. The largest absolute Gasteiger partial charge is 0.465 e. The summed E-state index contributed by atoms with van der Waals surface area (Å²) in [6.07, 6.45) is 4.62. The lowest BCUT2D eigenvalue weighted by Crippen LogP contribution is -2.49. The molecule has 3 heterocycles. The highest BCUT2D eigenvalue weighted by Crippen LogP contribution is 2.36. The Morgan fingerprint density at radius 3 is 2.48 bits per heavy atom. The van der Waals surface area contributed by atoms with Crippen LogP contribution < -0.4 is 0 Å². The van der Waals surface area contributed by atoms with E-state index >= 15 is 0 Å². The van der Waals surface area contributed by atoms with Gasteiger partial charge in [0.25, 0.3) is 5.91 Å². The molecule has 1 aromatic heterocycles. The van der Waals surface area contributed by atoms with Crippen molar-refractivity contribution in [1.82, 2.24) is 20.0 Å². The van der Waals surface area contributed by atoms with Crippen LogP contribution in [-0.2, 0) is 19.1 Å². The molecule has 2 amide bonds. The second kappa shape index (κ2) is 8.51. The first-order chi connectivity index (χ1) is 13.0. The zero-order chi connectivity index (χ0) is 19.3. The van der Waals surface area contributed by atoms with E-state index < -0.39 is 5.41 Å². The number of carbonyl (C=O) groups excluding carboxylic acids is 3. The summed E-state index contributed by atoms with van der Waals surface area (Å²) in [7, 11) is 0. The van der Waals surface area contributed by atoms with Crippen LogP contribution in [0.2, 0.25) is 0 Å². The maximum atomic E-state index is 12.8. The van der Waals surface area contributed by atoms with Crippen LogP contribution in [0.1, 0.15) is 36.5 Å². The molecule has 148 valence electrons. The monoisotopic (exact) mass is 378 g/mol. The SMILES string of the molecule is CC(=O)OCC1(CC(=O)N2CCOCC2)CCN(C(=O)c2cn[nH]c2)CC1. The number of aromatic nitrogens is 2. The van der Waals surface area contributed by atoms with Gasteiger partial charge in [-0.3, -0.25) is 19.5 Å². The molecular weight excluding hydrogens is 352 g/mol. The van der Waals surface area contributed by atoms with Crippen molar-refractivity contribution < 1.29 is 23.9 Å². The lowest BCUT2D eigenvalue weighted by molar-refractivity contribution is -0.150. The third-order valence-corrected chi connectivity index (χ3v) is 5.33. The molecule has 0 atom stereocenters. The Morgan fingerprint density at radius 1 is 1.19 bits per heavy atom. The van der Waals surface area contributed by atoms with Gasteiger partial charge in [0.05, 0.1) is 31.6 Å². The van der Waals surface area contributed by atoms with Crippen LogP contribution in [0, 0.1) is 5.41 Å². The molecule has 9 heteroatoms. The lowest BCUT2D eigenvalue weighted by atomic mass is 9.75. The number of aromatic amines is 1. The summed E-state index contributed by atoms with van der Waals surface area (Å²) in [6.45, 7) is 4.89. The van der Waals surface area contributed by atoms with Gasteiger partial charge in [-0.05, 0) is 12.8 Å². The average Bonchev–Trinajstić information content (AvgIpc) is 3.22. The van der Waals surface area contributed by atoms with Gasteiger partial charge in [0.2, 0.25) is 5.91 Å². The highest BCUT2D eigenvalue weighted by atomic mass is 16.5. The molecule has 0 aliphatic carbocycles. The summed E-state index contributed by atoms with van der Waals surface area (Å²) in [4.78, 5) is 40.2. The fourth-order valence-corrected chi connectivity index (χ4v) is 3.61. The number of H-pyrrole nitrogens is 1. The van der Waals surface area contributed by atoms with Gasteiger partial charge in [0, 0.05) is 51.1 Å². The minimum atomic E-state index is -0.436. The molecule has 1 N–H and O–H groups in total. The molecule has 2 fully saturated rings. The van der Waals surface area contributed by atoms with Gasteiger partial charge < -0.3 is 19.3 Å². The highest BCUT2D eigenvalue weighted by molar-refractivity contribution is 5.93. The van der Waals surface area contributed by atoms with Crippen molar-refractivity contribution in [3.63, 3.8) is 0 Å². The maximum Gasteiger partial charge on any atom is 0.302 e. The van der Waals surface area contributed by atoms with E-state index in [1.165, 1.54) is 13.1 Å². The first-order valence-electron chi connectivity index (χ1n) is 9.26. The van der Waals surface area contributed by atoms with Crippen LogP contribution in [0.25, 0.3) is 0 Å². The topological polar surface area (TPSA) is 105 Å². The molecule has 0 bridgehead atoms. The minimum absolute atomic E-state index is 0.0556. The predicted molar refractivity (Wildman–Crippen MR) is 94.8 cm³/mol. The van der Waals surface area contributed by atoms with Gasteiger partial charge in [-0.1, -0.05) is 0 Å². The molecule has 27 heavy (non-hydrogen) atoms. The third kappa shape index (κ3) is 4.85. The van der Waals surface area contributed by atoms with E-state index in [1.54, 1.807) is 11.1 Å². The van der Waals surface area contributed by atoms with Crippen molar-refractivity contribution in [2.45, 2.75) is 26.2 Å². The molecule has 1 aromatic rings. The number of morpholine rings is 1. The number of likely N-dealkylation sites (tertiary alicyclic amines) is 1. The van der Waals surface area contributed by atoms with Crippen LogP contribution in [0.5, 0.6) is 0 Å². The third-order valence-electron chi connectivity index (χ3n) is 5.33. The molecule has 9 nitrogen and oxygen atoms in total. The molecule has 0 aromatic carbocycles. The first-order valence-corrected chi connectivity index (χ1v) is 9.26. The first kappa shape index (κ1) is 19.3. The molecule has 2 aliphatic heterocycles. The Balaban J connectivity index is 1.64. The Kier molecular flexibility index (Phi) is 6.10. The number of piperidine rings is 1. The van der Waals surface area contributed by atoms with Crippen molar-refractivity contribution in [2.24, 2.45) is 5.41 Å². The van der Waals surface area contributed by atoms with E-state index in [0.717, 1.165) is 0 Å². The van der Waals surface area contributed by atoms with Gasteiger partial charge >= 0.3 is 5.97 Å². The smallest absolute Gasteiger partial charge is 0.302 e.